The Labute approximate surface area is 50.1 Å². The molecule has 0 unspecified atom stereocenters. The lowest BCUT2D eigenvalue weighted by Gasteiger charge is -2.13. The van der Waals surface area contributed by atoms with E-state index in [1.807, 2.05) is 6.20 Å². The van der Waals surface area contributed by atoms with Crippen molar-refractivity contribution in [2.45, 2.75) is 13.3 Å². The molecule has 0 aliphatic carbocycles. The zero-order valence-electron chi connectivity index (χ0n) is 5.22. The second-order valence-electron chi connectivity index (χ2n) is 1.98. The first-order valence-corrected chi connectivity index (χ1v) is 3.09. The Morgan fingerprint density at radius 2 is 2.62 bits per heavy atom. The molecule has 0 atom stereocenters. The zero-order valence-corrected chi connectivity index (χ0v) is 5.22. The number of hydrazine groups is 1. The maximum atomic E-state index is 3.11. The van der Waals surface area contributed by atoms with Crippen LogP contribution in [-0.2, 0) is 0 Å². The van der Waals surface area contributed by atoms with Crippen LogP contribution in [0.15, 0.2) is 12.3 Å². The van der Waals surface area contributed by atoms with Gasteiger partial charge in [0.1, 0.15) is 0 Å². The smallest absolute Gasteiger partial charge is 0.0376 e. The lowest BCUT2D eigenvalue weighted by molar-refractivity contribution is 0.267. The molecular formula is C6H12N2. The first kappa shape index (κ1) is 5.63. The monoisotopic (exact) mass is 112 g/mol. The fraction of sp³-hybridized carbons (Fsp3) is 0.667. The molecule has 1 aliphatic rings. The van der Waals surface area contributed by atoms with Crippen molar-refractivity contribution in [1.29, 1.82) is 0 Å². The van der Waals surface area contributed by atoms with Gasteiger partial charge in [0.25, 0.3) is 0 Å². The second-order valence-corrected chi connectivity index (χ2v) is 1.98. The van der Waals surface area contributed by atoms with E-state index < -0.39 is 0 Å². The average molecular weight is 112 g/mol. The Morgan fingerprint density at radius 3 is 3.12 bits per heavy atom. The minimum Gasteiger partial charge on any atom is -0.326 e. The highest BCUT2D eigenvalue weighted by molar-refractivity contribution is 4.87. The lowest BCUT2D eigenvalue weighted by Crippen LogP contribution is -2.30. The van der Waals surface area contributed by atoms with Gasteiger partial charge in [-0.15, -0.1) is 0 Å². The highest BCUT2D eigenvalue weighted by Gasteiger charge is 2.00. The Balaban J connectivity index is 2.10. The molecule has 2 heteroatoms. The van der Waals surface area contributed by atoms with E-state index in [1.54, 1.807) is 0 Å². The Morgan fingerprint density at radius 1 is 1.75 bits per heavy atom. The van der Waals surface area contributed by atoms with Crippen LogP contribution in [0.3, 0.4) is 0 Å². The van der Waals surface area contributed by atoms with E-state index in [9.17, 15) is 0 Å². The highest BCUT2D eigenvalue weighted by Crippen LogP contribution is 1.92. The number of nitrogens with zero attached hydrogens (tertiary/aromatic N) is 1. The fourth-order valence-corrected chi connectivity index (χ4v) is 0.817. The van der Waals surface area contributed by atoms with Gasteiger partial charge >= 0.3 is 0 Å². The zero-order chi connectivity index (χ0) is 5.82. The van der Waals surface area contributed by atoms with E-state index in [1.165, 1.54) is 6.42 Å². The van der Waals surface area contributed by atoms with Gasteiger partial charge in [-0.1, -0.05) is 13.0 Å². The topological polar surface area (TPSA) is 15.3 Å². The van der Waals surface area contributed by atoms with Gasteiger partial charge in [-0.3, -0.25) is 0 Å². The third-order valence-electron chi connectivity index (χ3n) is 1.19. The molecule has 0 spiro atoms. The quantitative estimate of drug-likeness (QED) is 0.566. The van der Waals surface area contributed by atoms with Crippen LogP contribution in [0, 0.1) is 0 Å². The van der Waals surface area contributed by atoms with Crippen molar-refractivity contribution in [1.82, 2.24) is 10.4 Å². The summed E-state index contributed by atoms with van der Waals surface area (Å²) >= 11 is 0. The van der Waals surface area contributed by atoms with E-state index in [0.717, 1.165) is 13.1 Å². The first-order chi connectivity index (χ1) is 3.93. The van der Waals surface area contributed by atoms with Crippen LogP contribution in [0.2, 0.25) is 0 Å². The van der Waals surface area contributed by atoms with Crippen molar-refractivity contribution < 1.29 is 0 Å². The predicted octanol–water partition coefficient (Wildman–Crippen LogP) is 0.730. The summed E-state index contributed by atoms with van der Waals surface area (Å²) in [4.78, 5) is 0. The summed E-state index contributed by atoms with van der Waals surface area (Å²) in [7, 11) is 0. The lowest BCUT2D eigenvalue weighted by atomic mass is 10.5. The number of hydrogen-bond acceptors (Lipinski definition) is 2. The number of hydrogen-bond donors (Lipinski definition) is 1. The molecule has 1 N–H and O–H groups in total. The molecule has 0 aromatic rings. The summed E-state index contributed by atoms with van der Waals surface area (Å²) < 4.78 is 0. The molecule has 1 rings (SSSR count). The predicted molar refractivity (Wildman–Crippen MR) is 34.1 cm³/mol. The molecule has 8 heavy (non-hydrogen) atoms. The van der Waals surface area contributed by atoms with Crippen LogP contribution in [0.1, 0.15) is 13.3 Å². The van der Waals surface area contributed by atoms with Gasteiger partial charge in [0.15, 0.2) is 0 Å². The summed E-state index contributed by atoms with van der Waals surface area (Å²) in [5.41, 5.74) is 3.11. The van der Waals surface area contributed by atoms with E-state index in [0.29, 0.717) is 0 Å². The SMILES string of the molecule is CCCN1CC=CN1. The molecule has 0 aromatic carbocycles. The molecule has 0 saturated heterocycles. The Bertz CT molecular complexity index is 80.5. The van der Waals surface area contributed by atoms with E-state index in [2.05, 4.69) is 23.4 Å². The standard InChI is InChI=1S/C6H12N2/c1-2-5-8-6-3-4-7-8/h3-4,7H,2,5-6H2,1H3. The molecule has 0 saturated carbocycles. The molecule has 0 radical (unpaired) electrons. The van der Waals surface area contributed by atoms with Crippen LogP contribution in [0.25, 0.3) is 0 Å². The third-order valence-corrected chi connectivity index (χ3v) is 1.19. The minimum atomic E-state index is 1.06. The van der Waals surface area contributed by atoms with Crippen LogP contribution in [-0.4, -0.2) is 18.1 Å². The van der Waals surface area contributed by atoms with Crippen LogP contribution < -0.4 is 5.43 Å². The van der Waals surface area contributed by atoms with Crippen LogP contribution in [0.4, 0.5) is 0 Å². The molecule has 46 valence electrons. The third kappa shape index (κ3) is 1.23. The largest absolute Gasteiger partial charge is 0.326 e. The maximum absolute atomic E-state index is 3.11. The van der Waals surface area contributed by atoms with Crippen molar-refractivity contribution in [3.63, 3.8) is 0 Å². The van der Waals surface area contributed by atoms with Crippen molar-refractivity contribution in [3.05, 3.63) is 12.3 Å². The molecule has 0 aromatic heterocycles. The molecule has 1 heterocycles. The maximum Gasteiger partial charge on any atom is 0.0376 e. The fourth-order valence-electron chi connectivity index (χ4n) is 0.817. The van der Waals surface area contributed by atoms with Crippen LogP contribution in [0.5, 0.6) is 0 Å². The van der Waals surface area contributed by atoms with Crippen molar-refractivity contribution in [2.24, 2.45) is 0 Å². The summed E-state index contributed by atoms with van der Waals surface area (Å²) in [6.07, 6.45) is 5.32. The van der Waals surface area contributed by atoms with Crippen molar-refractivity contribution in [3.8, 4) is 0 Å². The van der Waals surface area contributed by atoms with Gasteiger partial charge in [0, 0.05) is 19.3 Å². The average Bonchev–Trinajstić information content (AvgIpc) is 2.19. The van der Waals surface area contributed by atoms with Gasteiger partial charge in [-0.25, -0.2) is 5.01 Å². The van der Waals surface area contributed by atoms with E-state index in [-0.39, 0.29) is 0 Å². The summed E-state index contributed by atoms with van der Waals surface area (Å²) in [6.45, 7) is 4.39. The summed E-state index contributed by atoms with van der Waals surface area (Å²) in [6, 6.07) is 0. The van der Waals surface area contributed by atoms with Crippen molar-refractivity contribution >= 4 is 0 Å². The Hall–Kier alpha value is -0.500. The Kier molecular flexibility index (Phi) is 1.92. The van der Waals surface area contributed by atoms with E-state index in [4.69, 9.17) is 0 Å². The second kappa shape index (κ2) is 2.72. The van der Waals surface area contributed by atoms with Gasteiger partial charge in [-0.05, 0) is 6.42 Å². The van der Waals surface area contributed by atoms with Gasteiger partial charge in [0.05, 0.1) is 0 Å². The minimum absolute atomic E-state index is 1.06. The molecular weight excluding hydrogens is 100 g/mol. The first-order valence-electron chi connectivity index (χ1n) is 3.09. The molecule has 0 amide bonds. The molecule has 0 fully saturated rings. The van der Waals surface area contributed by atoms with E-state index >= 15 is 0 Å². The van der Waals surface area contributed by atoms with Gasteiger partial charge in [-0.2, -0.15) is 0 Å². The molecule has 2 nitrogen and oxygen atoms in total. The molecule has 1 aliphatic heterocycles. The normalized spacial score (nSPS) is 19.1. The van der Waals surface area contributed by atoms with Gasteiger partial charge < -0.3 is 5.43 Å². The van der Waals surface area contributed by atoms with Crippen molar-refractivity contribution in [2.75, 3.05) is 13.1 Å². The van der Waals surface area contributed by atoms with Gasteiger partial charge in [0.2, 0.25) is 0 Å². The number of rotatable bonds is 2. The van der Waals surface area contributed by atoms with Crippen LogP contribution >= 0.6 is 0 Å². The highest BCUT2D eigenvalue weighted by atomic mass is 15.5. The summed E-state index contributed by atoms with van der Waals surface area (Å²) in [5.74, 6) is 0. The summed E-state index contributed by atoms with van der Waals surface area (Å²) in [5, 5.41) is 2.18. The molecule has 0 bridgehead atoms. The number of nitrogens with one attached hydrogen (secondary N) is 1.